The number of hydrogen-bond donors (Lipinski definition) is 1. The molecular formula is C16H17N5O3. The zero-order chi connectivity index (χ0) is 17.3. The van der Waals surface area contributed by atoms with Crippen LogP contribution in [0.25, 0.3) is 11.3 Å². The number of nitrogens with zero attached hydrogens (tertiary/aromatic N) is 4. The number of rotatable bonds is 4. The summed E-state index contributed by atoms with van der Waals surface area (Å²) in [4.78, 5) is 21.2. The quantitative estimate of drug-likeness (QED) is 0.790. The van der Waals surface area contributed by atoms with Crippen LogP contribution in [-0.2, 0) is 7.05 Å². The zero-order valence-corrected chi connectivity index (χ0v) is 13.8. The topological polar surface area (TPSA) is 95.1 Å². The van der Waals surface area contributed by atoms with Crippen molar-refractivity contribution in [1.29, 1.82) is 0 Å². The molecule has 1 amide bonds. The number of nitrogens with one attached hydrogen (secondary N) is 1. The average Bonchev–Trinajstić information content (AvgIpc) is 3.12. The summed E-state index contributed by atoms with van der Waals surface area (Å²) in [7, 11) is 3.29. The Morgan fingerprint density at radius 1 is 1.33 bits per heavy atom. The largest absolute Gasteiger partial charge is 0.480 e. The molecule has 0 saturated heterocycles. The molecule has 0 saturated carbocycles. The van der Waals surface area contributed by atoms with E-state index in [0.717, 1.165) is 5.56 Å². The van der Waals surface area contributed by atoms with Crippen LogP contribution in [-0.4, -0.2) is 32.8 Å². The number of ether oxygens (including phenoxy) is 1. The third kappa shape index (κ3) is 2.98. The van der Waals surface area contributed by atoms with Crippen molar-refractivity contribution in [2.24, 2.45) is 7.05 Å². The molecule has 0 aliphatic heterocycles. The second-order valence-electron chi connectivity index (χ2n) is 5.29. The highest BCUT2D eigenvalue weighted by Crippen LogP contribution is 2.26. The normalized spacial score (nSPS) is 10.7. The van der Waals surface area contributed by atoms with Crippen LogP contribution >= 0.6 is 0 Å². The molecule has 3 aromatic heterocycles. The maximum absolute atomic E-state index is 12.5. The highest BCUT2D eigenvalue weighted by Gasteiger charge is 2.18. The minimum absolute atomic E-state index is 0.297. The predicted octanol–water partition coefficient (Wildman–Crippen LogP) is 2.35. The number of aromatic nitrogens is 4. The first kappa shape index (κ1) is 15.7. The van der Waals surface area contributed by atoms with Crippen LogP contribution in [0.5, 0.6) is 5.88 Å². The Labute approximate surface area is 138 Å². The summed E-state index contributed by atoms with van der Waals surface area (Å²) >= 11 is 0. The van der Waals surface area contributed by atoms with Crippen LogP contribution in [0.15, 0.2) is 29.1 Å². The van der Waals surface area contributed by atoms with Crippen LogP contribution in [0, 0.1) is 13.8 Å². The van der Waals surface area contributed by atoms with Crippen molar-refractivity contribution in [3.63, 3.8) is 0 Å². The number of carbonyl (C=O) groups excluding carboxylic acids is 1. The van der Waals surface area contributed by atoms with Crippen molar-refractivity contribution >= 4 is 11.7 Å². The predicted molar refractivity (Wildman–Crippen MR) is 86.9 cm³/mol. The van der Waals surface area contributed by atoms with Crippen LogP contribution in [0.2, 0.25) is 0 Å². The van der Waals surface area contributed by atoms with Crippen molar-refractivity contribution in [3.05, 3.63) is 41.7 Å². The Hall–Kier alpha value is -3.16. The summed E-state index contributed by atoms with van der Waals surface area (Å²) in [6.45, 7) is 3.53. The second-order valence-corrected chi connectivity index (χ2v) is 5.29. The first-order valence-electron chi connectivity index (χ1n) is 7.26. The number of furan rings is 1. The van der Waals surface area contributed by atoms with Crippen molar-refractivity contribution in [3.8, 4) is 17.1 Å². The first-order valence-corrected chi connectivity index (χ1v) is 7.26. The standard InChI is InChI=1S/C16H17N5O3/c1-9-5-12(10(2)24-9)16(22)20-15-14(11-6-18-21(3)8-11)17-7-13(19-15)23-4/h5-8H,1-4H3,(H,19,20,22). The summed E-state index contributed by atoms with van der Waals surface area (Å²) in [5.41, 5.74) is 1.70. The molecular weight excluding hydrogens is 310 g/mol. The monoisotopic (exact) mass is 327 g/mol. The van der Waals surface area contributed by atoms with Gasteiger partial charge in [-0.15, -0.1) is 0 Å². The lowest BCUT2D eigenvalue weighted by Gasteiger charge is -2.09. The molecule has 24 heavy (non-hydrogen) atoms. The first-order chi connectivity index (χ1) is 11.5. The molecule has 3 rings (SSSR count). The van der Waals surface area contributed by atoms with Gasteiger partial charge in [-0.2, -0.15) is 10.1 Å². The number of aryl methyl sites for hydroxylation is 3. The molecule has 0 spiro atoms. The summed E-state index contributed by atoms with van der Waals surface area (Å²) in [5, 5.41) is 6.90. The average molecular weight is 327 g/mol. The van der Waals surface area contributed by atoms with Crippen LogP contribution in [0.1, 0.15) is 21.9 Å². The van der Waals surface area contributed by atoms with Gasteiger partial charge < -0.3 is 14.5 Å². The lowest BCUT2D eigenvalue weighted by Crippen LogP contribution is -2.15. The Kier molecular flexibility index (Phi) is 4.03. The van der Waals surface area contributed by atoms with Gasteiger partial charge in [0.25, 0.3) is 5.91 Å². The van der Waals surface area contributed by atoms with Gasteiger partial charge in [0.15, 0.2) is 5.82 Å². The molecule has 8 heteroatoms. The molecule has 3 heterocycles. The van der Waals surface area contributed by atoms with E-state index in [1.165, 1.54) is 13.3 Å². The van der Waals surface area contributed by atoms with Crippen molar-refractivity contribution in [2.75, 3.05) is 12.4 Å². The molecule has 0 bridgehead atoms. The Morgan fingerprint density at radius 2 is 2.12 bits per heavy atom. The minimum atomic E-state index is -0.322. The SMILES string of the molecule is COc1cnc(-c2cnn(C)c2)c(NC(=O)c2cc(C)oc2C)n1. The number of amides is 1. The molecule has 124 valence electrons. The number of anilines is 1. The summed E-state index contributed by atoms with van der Waals surface area (Å²) in [6.07, 6.45) is 4.93. The van der Waals surface area contributed by atoms with E-state index in [4.69, 9.17) is 9.15 Å². The molecule has 0 aliphatic rings. The molecule has 3 aromatic rings. The number of hydrogen-bond acceptors (Lipinski definition) is 6. The molecule has 0 atom stereocenters. The van der Waals surface area contributed by atoms with E-state index >= 15 is 0 Å². The number of carbonyl (C=O) groups is 1. The van der Waals surface area contributed by atoms with Crippen molar-refractivity contribution < 1.29 is 13.9 Å². The van der Waals surface area contributed by atoms with E-state index in [2.05, 4.69) is 20.4 Å². The van der Waals surface area contributed by atoms with Crippen LogP contribution in [0.4, 0.5) is 5.82 Å². The van der Waals surface area contributed by atoms with Gasteiger partial charge in [0.2, 0.25) is 5.88 Å². The third-order valence-corrected chi connectivity index (χ3v) is 3.46. The summed E-state index contributed by atoms with van der Waals surface area (Å²) in [5.74, 6) is 1.49. The van der Waals surface area contributed by atoms with Crippen LogP contribution < -0.4 is 10.1 Å². The fourth-order valence-electron chi connectivity index (χ4n) is 2.34. The van der Waals surface area contributed by atoms with E-state index in [1.54, 1.807) is 44.0 Å². The fraction of sp³-hybridized carbons (Fsp3) is 0.250. The fourth-order valence-corrected chi connectivity index (χ4v) is 2.34. The van der Waals surface area contributed by atoms with E-state index in [1.807, 2.05) is 0 Å². The molecule has 8 nitrogen and oxygen atoms in total. The molecule has 0 radical (unpaired) electrons. The van der Waals surface area contributed by atoms with Gasteiger partial charge in [-0.05, 0) is 19.9 Å². The lowest BCUT2D eigenvalue weighted by atomic mass is 10.2. The molecule has 1 N–H and O–H groups in total. The Balaban J connectivity index is 1.99. The van der Waals surface area contributed by atoms with Crippen molar-refractivity contribution in [1.82, 2.24) is 19.7 Å². The van der Waals surface area contributed by atoms with Gasteiger partial charge in [-0.1, -0.05) is 0 Å². The smallest absolute Gasteiger partial charge is 0.260 e. The Morgan fingerprint density at radius 3 is 2.71 bits per heavy atom. The van der Waals surface area contributed by atoms with E-state index in [-0.39, 0.29) is 5.91 Å². The van der Waals surface area contributed by atoms with Gasteiger partial charge in [-0.25, -0.2) is 4.98 Å². The number of methoxy groups -OCH3 is 1. The third-order valence-electron chi connectivity index (χ3n) is 3.46. The van der Waals surface area contributed by atoms with Gasteiger partial charge in [-0.3, -0.25) is 9.48 Å². The summed E-state index contributed by atoms with van der Waals surface area (Å²) < 4.78 is 12.2. The maximum Gasteiger partial charge on any atom is 0.260 e. The highest BCUT2D eigenvalue weighted by atomic mass is 16.5. The molecule has 0 aliphatic carbocycles. The van der Waals surface area contributed by atoms with E-state index in [0.29, 0.717) is 34.5 Å². The van der Waals surface area contributed by atoms with E-state index in [9.17, 15) is 4.79 Å². The Bertz CT molecular complexity index is 897. The zero-order valence-electron chi connectivity index (χ0n) is 13.8. The van der Waals surface area contributed by atoms with Gasteiger partial charge >= 0.3 is 0 Å². The maximum atomic E-state index is 12.5. The molecule has 0 fully saturated rings. The van der Waals surface area contributed by atoms with E-state index < -0.39 is 0 Å². The van der Waals surface area contributed by atoms with Crippen LogP contribution in [0.3, 0.4) is 0 Å². The van der Waals surface area contributed by atoms with Crippen molar-refractivity contribution in [2.45, 2.75) is 13.8 Å². The molecule has 0 unspecified atom stereocenters. The second kappa shape index (κ2) is 6.15. The van der Waals surface area contributed by atoms with Gasteiger partial charge in [0, 0.05) is 18.8 Å². The minimum Gasteiger partial charge on any atom is -0.480 e. The summed E-state index contributed by atoms with van der Waals surface area (Å²) in [6, 6.07) is 1.68. The molecule has 0 aromatic carbocycles. The lowest BCUT2D eigenvalue weighted by molar-refractivity contribution is 0.102. The van der Waals surface area contributed by atoms with Gasteiger partial charge in [0.05, 0.1) is 25.1 Å². The highest BCUT2D eigenvalue weighted by molar-refractivity contribution is 6.06. The van der Waals surface area contributed by atoms with Gasteiger partial charge in [0.1, 0.15) is 17.2 Å².